The molecule has 162 valence electrons. The van der Waals surface area contributed by atoms with E-state index in [1.165, 1.54) is 11.3 Å². The Morgan fingerprint density at radius 1 is 1.19 bits per heavy atom. The number of hydrogen-bond acceptors (Lipinski definition) is 6. The predicted molar refractivity (Wildman–Crippen MR) is 126 cm³/mol. The quantitative estimate of drug-likeness (QED) is 0.324. The monoisotopic (exact) mass is 465 g/mol. The van der Waals surface area contributed by atoms with Gasteiger partial charge in [0.1, 0.15) is 17.1 Å². The van der Waals surface area contributed by atoms with Crippen LogP contribution in [0.1, 0.15) is 34.4 Å². The van der Waals surface area contributed by atoms with E-state index in [1.54, 1.807) is 16.9 Å². The molecule has 0 saturated heterocycles. The number of aromatic nitrogens is 2. The van der Waals surface area contributed by atoms with Crippen LogP contribution in [0.15, 0.2) is 69.5 Å². The average Bonchev–Trinajstić information content (AvgIpc) is 3.37. The lowest BCUT2D eigenvalue weighted by molar-refractivity contribution is 0.0516. The molecule has 0 fully saturated rings. The Kier molecular flexibility index (Phi) is 6.68. The number of carbonyl (C=O) groups is 1. The highest BCUT2D eigenvalue weighted by molar-refractivity contribution is 7.07. The van der Waals surface area contributed by atoms with Crippen LogP contribution in [0.5, 0.6) is 0 Å². The molecule has 4 aromatic rings. The van der Waals surface area contributed by atoms with Gasteiger partial charge < -0.3 is 9.26 Å². The summed E-state index contributed by atoms with van der Waals surface area (Å²) in [4.78, 5) is 18.0. The first kappa shape index (κ1) is 21.8. The minimum Gasteiger partial charge on any atom is -0.461 e. The Morgan fingerprint density at radius 2 is 1.94 bits per heavy atom. The minimum absolute atomic E-state index is 0.270. The standard InChI is InChI=1S/C24H20ClN3O3S/c1-3-30-23(29)20-15-32-24(26-19-7-5-4-6-8-19)28(20)22-16(2)27-31-21(22)14-11-17-9-12-18(25)13-10-17/h4-15H,3H2,1-2H3/b14-11+,26-24?. The van der Waals surface area contributed by atoms with Crippen molar-refractivity contribution in [1.29, 1.82) is 0 Å². The summed E-state index contributed by atoms with van der Waals surface area (Å²) in [5, 5.41) is 6.54. The summed E-state index contributed by atoms with van der Waals surface area (Å²) in [6.07, 6.45) is 3.70. The number of halogens is 1. The lowest BCUT2D eigenvalue weighted by atomic mass is 10.2. The largest absolute Gasteiger partial charge is 0.461 e. The molecule has 0 amide bonds. The fraction of sp³-hybridized carbons (Fsp3) is 0.125. The molecule has 0 aliphatic carbocycles. The zero-order valence-corrected chi connectivity index (χ0v) is 19.1. The first-order valence-corrected chi connectivity index (χ1v) is 11.2. The van der Waals surface area contributed by atoms with Crippen LogP contribution in [0, 0.1) is 6.92 Å². The van der Waals surface area contributed by atoms with Gasteiger partial charge in [-0.15, -0.1) is 11.3 Å². The second-order valence-electron chi connectivity index (χ2n) is 6.77. The van der Waals surface area contributed by atoms with Crippen molar-refractivity contribution in [3.05, 3.63) is 92.5 Å². The summed E-state index contributed by atoms with van der Waals surface area (Å²) in [5.41, 5.74) is 3.34. The SMILES string of the molecule is CCOC(=O)c1csc(=Nc2ccccc2)n1-c1c(C)noc1/C=C/c1ccc(Cl)cc1. The number of esters is 1. The molecule has 0 radical (unpaired) electrons. The van der Waals surface area contributed by atoms with E-state index in [0.717, 1.165) is 11.3 Å². The van der Waals surface area contributed by atoms with Gasteiger partial charge in [-0.1, -0.05) is 53.2 Å². The first-order chi connectivity index (χ1) is 15.6. The third kappa shape index (κ3) is 4.74. The Labute approximate surface area is 194 Å². The lowest BCUT2D eigenvalue weighted by Gasteiger charge is -2.08. The molecule has 2 heterocycles. The molecule has 0 aliphatic heterocycles. The van der Waals surface area contributed by atoms with Gasteiger partial charge in [0.25, 0.3) is 0 Å². The van der Waals surface area contributed by atoms with Crippen LogP contribution in [-0.2, 0) is 4.74 Å². The summed E-state index contributed by atoms with van der Waals surface area (Å²) in [7, 11) is 0. The second kappa shape index (κ2) is 9.80. The average molecular weight is 466 g/mol. The molecule has 2 aromatic heterocycles. The maximum absolute atomic E-state index is 12.7. The fourth-order valence-electron chi connectivity index (χ4n) is 3.08. The Balaban J connectivity index is 1.86. The number of benzene rings is 2. The maximum atomic E-state index is 12.7. The number of ether oxygens (including phenoxy) is 1. The van der Waals surface area contributed by atoms with Crippen molar-refractivity contribution in [2.45, 2.75) is 13.8 Å². The van der Waals surface area contributed by atoms with Gasteiger partial charge in [-0.2, -0.15) is 0 Å². The number of rotatable bonds is 6. The van der Waals surface area contributed by atoms with E-state index in [0.29, 0.717) is 32.7 Å². The molecule has 6 nitrogen and oxygen atoms in total. The number of para-hydroxylation sites is 1. The minimum atomic E-state index is -0.438. The van der Waals surface area contributed by atoms with E-state index in [1.807, 2.05) is 73.7 Å². The summed E-state index contributed by atoms with van der Waals surface area (Å²) >= 11 is 7.32. The van der Waals surface area contributed by atoms with E-state index in [4.69, 9.17) is 25.9 Å². The molecule has 0 N–H and O–H groups in total. The zero-order chi connectivity index (χ0) is 22.5. The van der Waals surface area contributed by atoms with Crippen LogP contribution in [0.4, 0.5) is 5.69 Å². The lowest BCUT2D eigenvalue weighted by Crippen LogP contribution is -2.20. The predicted octanol–water partition coefficient (Wildman–Crippen LogP) is 6.07. The van der Waals surface area contributed by atoms with Crippen LogP contribution in [-0.4, -0.2) is 22.3 Å². The van der Waals surface area contributed by atoms with Crippen molar-refractivity contribution in [2.75, 3.05) is 6.61 Å². The van der Waals surface area contributed by atoms with Crippen molar-refractivity contribution in [3.63, 3.8) is 0 Å². The van der Waals surface area contributed by atoms with Gasteiger partial charge in [-0.3, -0.25) is 4.57 Å². The van der Waals surface area contributed by atoms with Gasteiger partial charge in [0.05, 0.1) is 12.3 Å². The van der Waals surface area contributed by atoms with Crippen molar-refractivity contribution in [1.82, 2.24) is 9.72 Å². The molecule has 8 heteroatoms. The van der Waals surface area contributed by atoms with Crippen molar-refractivity contribution in [2.24, 2.45) is 4.99 Å². The van der Waals surface area contributed by atoms with Crippen LogP contribution < -0.4 is 4.80 Å². The molecule has 4 rings (SSSR count). The highest BCUT2D eigenvalue weighted by Gasteiger charge is 2.22. The molecule has 0 unspecified atom stereocenters. The summed E-state index contributed by atoms with van der Waals surface area (Å²) in [5.74, 6) is 0.0578. The zero-order valence-electron chi connectivity index (χ0n) is 17.5. The number of thiazole rings is 1. The molecule has 32 heavy (non-hydrogen) atoms. The second-order valence-corrected chi connectivity index (χ2v) is 8.05. The van der Waals surface area contributed by atoms with Crippen molar-refractivity contribution < 1.29 is 14.1 Å². The smallest absolute Gasteiger partial charge is 0.356 e. The Hall–Kier alpha value is -3.42. The van der Waals surface area contributed by atoms with Gasteiger partial charge in [-0.05, 0) is 49.8 Å². The van der Waals surface area contributed by atoms with E-state index in [-0.39, 0.29) is 6.61 Å². The van der Waals surface area contributed by atoms with E-state index < -0.39 is 5.97 Å². The molecular formula is C24H20ClN3O3S. The molecular weight excluding hydrogens is 446 g/mol. The third-order valence-electron chi connectivity index (χ3n) is 4.55. The highest BCUT2D eigenvalue weighted by atomic mass is 35.5. The summed E-state index contributed by atoms with van der Waals surface area (Å²) in [6, 6.07) is 17.0. The number of aryl methyl sites for hydroxylation is 1. The summed E-state index contributed by atoms with van der Waals surface area (Å²) < 4.78 is 12.6. The van der Waals surface area contributed by atoms with Crippen molar-refractivity contribution in [3.8, 4) is 5.69 Å². The van der Waals surface area contributed by atoms with Crippen LogP contribution in [0.2, 0.25) is 5.02 Å². The van der Waals surface area contributed by atoms with Gasteiger partial charge in [-0.25, -0.2) is 9.79 Å². The highest BCUT2D eigenvalue weighted by Crippen LogP contribution is 2.24. The van der Waals surface area contributed by atoms with Crippen LogP contribution in [0.25, 0.3) is 17.8 Å². The number of nitrogens with zero attached hydrogens (tertiary/aromatic N) is 3. The van der Waals surface area contributed by atoms with E-state index in [2.05, 4.69) is 5.16 Å². The van der Waals surface area contributed by atoms with Gasteiger partial charge in [0.15, 0.2) is 10.6 Å². The molecule has 0 aliphatic rings. The van der Waals surface area contributed by atoms with Crippen LogP contribution in [0.3, 0.4) is 0 Å². The van der Waals surface area contributed by atoms with E-state index >= 15 is 0 Å². The van der Waals surface area contributed by atoms with Gasteiger partial charge in [0.2, 0.25) is 0 Å². The molecule has 0 atom stereocenters. The molecule has 2 aromatic carbocycles. The first-order valence-electron chi connectivity index (χ1n) is 9.94. The van der Waals surface area contributed by atoms with Crippen LogP contribution >= 0.6 is 22.9 Å². The fourth-order valence-corrected chi connectivity index (χ4v) is 4.07. The van der Waals surface area contributed by atoms with Crippen molar-refractivity contribution >= 4 is 46.7 Å². The molecule has 0 saturated carbocycles. The van der Waals surface area contributed by atoms with Gasteiger partial charge >= 0.3 is 5.97 Å². The Morgan fingerprint density at radius 3 is 2.66 bits per heavy atom. The molecule has 0 bridgehead atoms. The van der Waals surface area contributed by atoms with E-state index in [9.17, 15) is 4.79 Å². The number of hydrogen-bond donors (Lipinski definition) is 0. The normalized spacial score (nSPS) is 11.9. The Bertz CT molecular complexity index is 1320. The van der Waals surface area contributed by atoms with Gasteiger partial charge in [0, 0.05) is 10.4 Å². The maximum Gasteiger partial charge on any atom is 0.356 e. The summed E-state index contributed by atoms with van der Waals surface area (Å²) in [6.45, 7) is 3.87. The topological polar surface area (TPSA) is 69.6 Å². The molecule has 0 spiro atoms. The number of carbonyl (C=O) groups excluding carboxylic acids is 1. The third-order valence-corrected chi connectivity index (χ3v) is 5.63.